The molecule has 1 atom stereocenters. The molecule has 0 radical (unpaired) electrons. The van der Waals surface area contributed by atoms with E-state index in [1.807, 2.05) is 0 Å². The van der Waals surface area contributed by atoms with Gasteiger partial charge in [0.15, 0.2) is 0 Å². The Labute approximate surface area is 154 Å². The second kappa shape index (κ2) is 8.56. The van der Waals surface area contributed by atoms with Crippen LogP contribution in [0.4, 0.5) is 11.4 Å². The van der Waals surface area contributed by atoms with Crippen LogP contribution in [0.2, 0.25) is 0 Å². The molecule has 0 fully saturated rings. The lowest BCUT2D eigenvalue weighted by molar-refractivity contribution is -0.385. The van der Waals surface area contributed by atoms with Crippen molar-refractivity contribution in [3.8, 4) is 0 Å². The molecule has 2 aromatic rings. The fourth-order valence-corrected chi connectivity index (χ4v) is 2.49. The number of benzene rings is 2. The lowest BCUT2D eigenvalue weighted by Crippen LogP contribution is -2.45. The number of rotatable bonds is 7. The van der Waals surface area contributed by atoms with Crippen LogP contribution in [0.1, 0.15) is 22.8 Å². The second-order valence-electron chi connectivity index (χ2n) is 5.78. The Hall–Kier alpha value is -3.75. The number of primary amides is 1. The molecule has 0 heterocycles. The highest BCUT2D eigenvalue weighted by molar-refractivity contribution is 5.99. The first-order valence-electron chi connectivity index (χ1n) is 7.98. The first kappa shape index (κ1) is 19.6. The van der Waals surface area contributed by atoms with Crippen molar-refractivity contribution < 1.29 is 19.3 Å². The molecule has 9 nitrogen and oxygen atoms in total. The maximum absolute atomic E-state index is 12.4. The molecule has 0 saturated heterocycles. The zero-order chi connectivity index (χ0) is 20.0. The molecule has 27 heavy (non-hydrogen) atoms. The molecule has 0 aliphatic heterocycles. The second-order valence-corrected chi connectivity index (χ2v) is 5.78. The number of para-hydroxylation sites is 1. The van der Waals surface area contributed by atoms with Gasteiger partial charge in [0.05, 0.1) is 4.92 Å². The number of nitrogens with zero attached hydrogens (tertiary/aromatic N) is 1. The minimum absolute atomic E-state index is 0.121. The van der Waals surface area contributed by atoms with E-state index in [1.54, 1.807) is 18.2 Å². The fourth-order valence-electron chi connectivity index (χ4n) is 2.49. The number of nitrogens with one attached hydrogen (secondary N) is 2. The van der Waals surface area contributed by atoms with Gasteiger partial charge in [-0.25, -0.2) is 0 Å². The van der Waals surface area contributed by atoms with Crippen LogP contribution in [0.5, 0.6) is 0 Å². The third kappa shape index (κ3) is 5.36. The molecular weight excluding hydrogens is 352 g/mol. The molecule has 0 bridgehead atoms. The van der Waals surface area contributed by atoms with Crippen LogP contribution in [-0.2, 0) is 16.0 Å². The Morgan fingerprint density at radius 3 is 2.48 bits per heavy atom. The Balaban J connectivity index is 2.19. The van der Waals surface area contributed by atoms with Gasteiger partial charge in [-0.15, -0.1) is 0 Å². The smallest absolute Gasteiger partial charge is 0.272 e. The van der Waals surface area contributed by atoms with Crippen LogP contribution < -0.4 is 16.4 Å². The summed E-state index contributed by atoms with van der Waals surface area (Å²) in [4.78, 5) is 45.9. The molecule has 0 saturated carbocycles. The van der Waals surface area contributed by atoms with Gasteiger partial charge in [0, 0.05) is 36.2 Å². The summed E-state index contributed by atoms with van der Waals surface area (Å²) in [5.74, 6) is -1.71. The third-order valence-electron chi connectivity index (χ3n) is 3.71. The number of carbonyl (C=O) groups excluding carboxylic acids is 3. The maximum Gasteiger partial charge on any atom is 0.272 e. The molecule has 0 unspecified atom stereocenters. The standard InChI is InChI=1S/C18H18N4O5/c1-11(23)20-14-7-4-6-13(9-14)18(25)21-15(17(19)24)10-12-5-2-3-8-16(12)22(26)27/h2-9,15H,10H2,1H3,(H2,19,24)(H,20,23)(H,21,25)/t15-/m1/s1. The van der Waals surface area contributed by atoms with Gasteiger partial charge in [0.2, 0.25) is 11.8 Å². The summed E-state index contributed by atoms with van der Waals surface area (Å²) in [7, 11) is 0. The van der Waals surface area contributed by atoms with Crippen LogP contribution in [-0.4, -0.2) is 28.7 Å². The van der Waals surface area contributed by atoms with Crippen LogP contribution >= 0.6 is 0 Å². The number of hydrogen-bond donors (Lipinski definition) is 3. The van der Waals surface area contributed by atoms with Crippen LogP contribution in [0.15, 0.2) is 48.5 Å². The molecule has 0 aromatic heterocycles. The average molecular weight is 370 g/mol. The van der Waals surface area contributed by atoms with Crippen molar-refractivity contribution in [2.75, 3.05) is 5.32 Å². The number of nitrogens with two attached hydrogens (primary N) is 1. The van der Waals surface area contributed by atoms with Gasteiger partial charge in [0.1, 0.15) is 6.04 Å². The number of nitro groups is 1. The molecule has 2 rings (SSSR count). The SMILES string of the molecule is CC(=O)Nc1cccc(C(=O)N[C@H](Cc2ccccc2[N+](=O)[O-])C(N)=O)c1. The number of amides is 3. The maximum atomic E-state index is 12.4. The Kier molecular flexibility index (Phi) is 6.21. The van der Waals surface area contributed by atoms with E-state index in [4.69, 9.17) is 5.73 Å². The number of anilines is 1. The summed E-state index contributed by atoms with van der Waals surface area (Å²) >= 11 is 0. The van der Waals surface area contributed by atoms with Crippen LogP contribution in [0.25, 0.3) is 0 Å². The van der Waals surface area contributed by atoms with E-state index in [2.05, 4.69) is 10.6 Å². The molecule has 0 aliphatic carbocycles. The summed E-state index contributed by atoms with van der Waals surface area (Å²) in [5.41, 5.74) is 6.09. The van der Waals surface area contributed by atoms with Gasteiger partial charge in [-0.2, -0.15) is 0 Å². The van der Waals surface area contributed by atoms with Crippen molar-refractivity contribution in [1.82, 2.24) is 5.32 Å². The largest absolute Gasteiger partial charge is 0.368 e. The Morgan fingerprint density at radius 1 is 1.15 bits per heavy atom. The van der Waals surface area contributed by atoms with E-state index in [0.29, 0.717) is 5.69 Å². The molecular formula is C18H18N4O5. The highest BCUT2D eigenvalue weighted by atomic mass is 16.6. The van der Waals surface area contributed by atoms with Crippen molar-refractivity contribution in [2.24, 2.45) is 5.73 Å². The molecule has 3 amide bonds. The molecule has 9 heteroatoms. The topological polar surface area (TPSA) is 144 Å². The minimum Gasteiger partial charge on any atom is -0.368 e. The average Bonchev–Trinajstić information content (AvgIpc) is 2.61. The molecule has 0 spiro atoms. The van der Waals surface area contributed by atoms with Gasteiger partial charge in [-0.3, -0.25) is 24.5 Å². The lowest BCUT2D eigenvalue weighted by Gasteiger charge is -2.16. The summed E-state index contributed by atoms with van der Waals surface area (Å²) in [6, 6.07) is 10.9. The van der Waals surface area contributed by atoms with Gasteiger partial charge in [0.25, 0.3) is 11.6 Å². The quantitative estimate of drug-likeness (QED) is 0.498. The van der Waals surface area contributed by atoms with Crippen LogP contribution in [0, 0.1) is 10.1 Å². The highest BCUT2D eigenvalue weighted by Gasteiger charge is 2.23. The first-order chi connectivity index (χ1) is 12.8. The zero-order valence-electron chi connectivity index (χ0n) is 14.5. The summed E-state index contributed by atoms with van der Waals surface area (Å²) in [5, 5.41) is 16.1. The molecule has 0 aliphatic rings. The first-order valence-corrected chi connectivity index (χ1v) is 7.98. The van der Waals surface area contributed by atoms with Gasteiger partial charge >= 0.3 is 0 Å². The molecule has 4 N–H and O–H groups in total. The van der Waals surface area contributed by atoms with Crippen molar-refractivity contribution in [2.45, 2.75) is 19.4 Å². The van der Waals surface area contributed by atoms with E-state index < -0.39 is 22.8 Å². The number of nitro benzene ring substituents is 1. The van der Waals surface area contributed by atoms with Crippen molar-refractivity contribution >= 4 is 29.1 Å². The Bertz CT molecular complexity index is 897. The van der Waals surface area contributed by atoms with Crippen molar-refractivity contribution in [1.29, 1.82) is 0 Å². The summed E-state index contributed by atoms with van der Waals surface area (Å²) in [6.45, 7) is 1.34. The van der Waals surface area contributed by atoms with Gasteiger partial charge in [-0.1, -0.05) is 24.3 Å². The third-order valence-corrected chi connectivity index (χ3v) is 3.71. The van der Waals surface area contributed by atoms with Crippen LogP contribution in [0.3, 0.4) is 0 Å². The van der Waals surface area contributed by atoms with E-state index >= 15 is 0 Å². The van der Waals surface area contributed by atoms with E-state index in [-0.39, 0.29) is 29.1 Å². The number of hydrogen-bond acceptors (Lipinski definition) is 5. The summed E-state index contributed by atoms with van der Waals surface area (Å²) < 4.78 is 0. The van der Waals surface area contributed by atoms with E-state index in [1.165, 1.54) is 37.3 Å². The highest BCUT2D eigenvalue weighted by Crippen LogP contribution is 2.19. The Morgan fingerprint density at radius 2 is 1.85 bits per heavy atom. The molecule has 2 aromatic carbocycles. The van der Waals surface area contributed by atoms with Crippen molar-refractivity contribution in [3.63, 3.8) is 0 Å². The monoisotopic (exact) mass is 370 g/mol. The van der Waals surface area contributed by atoms with E-state index in [0.717, 1.165) is 0 Å². The molecule has 140 valence electrons. The fraction of sp³-hybridized carbons (Fsp3) is 0.167. The minimum atomic E-state index is -1.14. The zero-order valence-corrected chi connectivity index (χ0v) is 14.5. The van der Waals surface area contributed by atoms with Gasteiger partial charge < -0.3 is 16.4 Å². The van der Waals surface area contributed by atoms with Gasteiger partial charge in [-0.05, 0) is 18.2 Å². The number of carbonyl (C=O) groups is 3. The predicted molar refractivity (Wildman–Crippen MR) is 98.0 cm³/mol. The van der Waals surface area contributed by atoms with Crippen molar-refractivity contribution in [3.05, 3.63) is 69.8 Å². The van der Waals surface area contributed by atoms with E-state index in [9.17, 15) is 24.5 Å². The lowest BCUT2D eigenvalue weighted by atomic mass is 10.0. The normalized spacial score (nSPS) is 11.3. The summed E-state index contributed by atoms with van der Waals surface area (Å²) in [6.07, 6.45) is -0.121. The predicted octanol–water partition coefficient (Wildman–Crippen LogP) is 1.38.